The molecule has 118 valence electrons. The molecule has 0 aliphatic heterocycles. The summed E-state index contributed by atoms with van der Waals surface area (Å²) in [5, 5.41) is 31.4. The van der Waals surface area contributed by atoms with Gasteiger partial charge in [0, 0.05) is 11.6 Å². The Morgan fingerprint density at radius 1 is 0.952 bits per heavy atom. The van der Waals surface area contributed by atoms with Gasteiger partial charge in [-0.2, -0.15) is 0 Å². The SMILES string of the molecule is CCCCCCCCCCC(=NO)c1ccc(O)cc1O. The highest BCUT2D eigenvalue weighted by Gasteiger charge is 2.10. The molecular weight excluding hydrogens is 266 g/mol. The van der Waals surface area contributed by atoms with Gasteiger partial charge in [0.05, 0.1) is 5.71 Å². The van der Waals surface area contributed by atoms with Crippen molar-refractivity contribution in [1.29, 1.82) is 0 Å². The molecule has 0 aliphatic carbocycles. The van der Waals surface area contributed by atoms with Crippen LogP contribution in [0.2, 0.25) is 0 Å². The Bertz CT molecular complexity index is 444. The Labute approximate surface area is 127 Å². The van der Waals surface area contributed by atoms with Crippen LogP contribution in [0.15, 0.2) is 23.4 Å². The Morgan fingerprint density at radius 2 is 1.57 bits per heavy atom. The molecule has 4 heteroatoms. The third kappa shape index (κ3) is 6.52. The van der Waals surface area contributed by atoms with Gasteiger partial charge in [-0.05, 0) is 25.0 Å². The van der Waals surface area contributed by atoms with Crippen LogP contribution in [0.4, 0.5) is 0 Å². The summed E-state index contributed by atoms with van der Waals surface area (Å²) in [6, 6.07) is 4.31. The minimum atomic E-state index is -0.0534. The van der Waals surface area contributed by atoms with Gasteiger partial charge in [-0.1, -0.05) is 57.0 Å². The first-order valence-electron chi connectivity index (χ1n) is 7.92. The van der Waals surface area contributed by atoms with Gasteiger partial charge in [-0.25, -0.2) is 0 Å². The average Bonchev–Trinajstić information content (AvgIpc) is 2.47. The second kappa shape index (κ2) is 10.1. The van der Waals surface area contributed by atoms with Crippen LogP contribution in [0, 0.1) is 0 Å². The lowest BCUT2D eigenvalue weighted by Crippen LogP contribution is -2.01. The lowest BCUT2D eigenvalue weighted by atomic mass is 10.0. The van der Waals surface area contributed by atoms with Crippen molar-refractivity contribution in [3.63, 3.8) is 0 Å². The topological polar surface area (TPSA) is 73.1 Å². The van der Waals surface area contributed by atoms with Crippen LogP contribution >= 0.6 is 0 Å². The van der Waals surface area contributed by atoms with E-state index in [4.69, 9.17) is 5.21 Å². The van der Waals surface area contributed by atoms with Crippen LogP contribution in [-0.2, 0) is 0 Å². The van der Waals surface area contributed by atoms with Crippen molar-refractivity contribution >= 4 is 5.71 Å². The summed E-state index contributed by atoms with van der Waals surface area (Å²) in [7, 11) is 0. The summed E-state index contributed by atoms with van der Waals surface area (Å²) in [5.41, 5.74) is 0.955. The molecule has 0 heterocycles. The minimum absolute atomic E-state index is 0.000573. The van der Waals surface area contributed by atoms with Crippen molar-refractivity contribution in [3.8, 4) is 11.5 Å². The summed E-state index contributed by atoms with van der Waals surface area (Å²) in [6.07, 6.45) is 10.3. The molecule has 21 heavy (non-hydrogen) atoms. The van der Waals surface area contributed by atoms with Crippen LogP contribution in [0.5, 0.6) is 11.5 Å². The zero-order chi connectivity index (χ0) is 15.5. The van der Waals surface area contributed by atoms with E-state index in [-0.39, 0.29) is 11.5 Å². The molecule has 0 spiro atoms. The van der Waals surface area contributed by atoms with E-state index in [0.717, 1.165) is 12.8 Å². The van der Waals surface area contributed by atoms with Gasteiger partial charge in [0.15, 0.2) is 0 Å². The highest BCUT2D eigenvalue weighted by Crippen LogP contribution is 2.25. The van der Waals surface area contributed by atoms with Crippen LogP contribution < -0.4 is 0 Å². The molecule has 0 saturated carbocycles. The van der Waals surface area contributed by atoms with E-state index in [2.05, 4.69) is 12.1 Å². The van der Waals surface area contributed by atoms with E-state index >= 15 is 0 Å². The first-order chi connectivity index (χ1) is 10.2. The zero-order valence-electron chi connectivity index (χ0n) is 12.9. The van der Waals surface area contributed by atoms with Gasteiger partial charge in [0.2, 0.25) is 0 Å². The van der Waals surface area contributed by atoms with E-state index in [1.165, 1.54) is 50.7 Å². The molecule has 0 aromatic heterocycles. The van der Waals surface area contributed by atoms with Crippen LogP contribution in [0.3, 0.4) is 0 Å². The van der Waals surface area contributed by atoms with Gasteiger partial charge in [0.1, 0.15) is 11.5 Å². The number of unbranched alkanes of at least 4 members (excludes halogenated alkanes) is 7. The Kier molecular flexibility index (Phi) is 8.32. The molecule has 0 saturated heterocycles. The largest absolute Gasteiger partial charge is 0.508 e. The molecule has 1 aromatic rings. The van der Waals surface area contributed by atoms with Gasteiger partial charge in [-0.15, -0.1) is 0 Å². The predicted octanol–water partition coefficient (Wildman–Crippen LogP) is 4.81. The van der Waals surface area contributed by atoms with Crippen LogP contribution in [0.25, 0.3) is 0 Å². The Balaban J connectivity index is 2.29. The number of benzene rings is 1. The number of nitrogens with zero attached hydrogens (tertiary/aromatic N) is 1. The van der Waals surface area contributed by atoms with Crippen molar-refractivity contribution in [1.82, 2.24) is 0 Å². The molecule has 0 bridgehead atoms. The average molecular weight is 293 g/mol. The normalized spacial score (nSPS) is 11.8. The lowest BCUT2D eigenvalue weighted by Gasteiger charge is -2.07. The van der Waals surface area contributed by atoms with Crippen molar-refractivity contribution in [2.24, 2.45) is 5.16 Å². The standard InChI is InChI=1S/C17H27NO3/c1-2-3-4-5-6-7-8-9-10-16(18-21)15-12-11-14(19)13-17(15)20/h11-13,19-21H,2-10H2,1H3. The molecule has 4 nitrogen and oxygen atoms in total. The fourth-order valence-electron chi connectivity index (χ4n) is 2.43. The number of hydrogen-bond donors (Lipinski definition) is 3. The van der Waals surface area contributed by atoms with E-state index in [1.54, 1.807) is 6.07 Å². The van der Waals surface area contributed by atoms with Crippen molar-refractivity contribution < 1.29 is 15.4 Å². The minimum Gasteiger partial charge on any atom is -0.508 e. The molecule has 0 aliphatic rings. The fourth-order valence-corrected chi connectivity index (χ4v) is 2.43. The van der Waals surface area contributed by atoms with E-state index < -0.39 is 0 Å². The Morgan fingerprint density at radius 3 is 2.14 bits per heavy atom. The number of rotatable bonds is 10. The summed E-state index contributed by atoms with van der Waals surface area (Å²) in [4.78, 5) is 0. The third-order valence-corrected chi connectivity index (χ3v) is 3.68. The number of aromatic hydroxyl groups is 2. The number of hydrogen-bond acceptors (Lipinski definition) is 4. The maximum absolute atomic E-state index is 9.76. The fraction of sp³-hybridized carbons (Fsp3) is 0.588. The van der Waals surface area contributed by atoms with Crippen molar-refractivity contribution in [2.45, 2.75) is 64.7 Å². The van der Waals surface area contributed by atoms with E-state index in [1.807, 2.05) is 0 Å². The monoisotopic (exact) mass is 293 g/mol. The number of phenolic OH excluding ortho intramolecular Hbond substituents is 2. The van der Waals surface area contributed by atoms with Crippen molar-refractivity contribution in [3.05, 3.63) is 23.8 Å². The lowest BCUT2D eigenvalue weighted by molar-refractivity contribution is 0.317. The zero-order valence-corrected chi connectivity index (χ0v) is 12.9. The van der Waals surface area contributed by atoms with E-state index in [9.17, 15) is 10.2 Å². The van der Waals surface area contributed by atoms with Gasteiger partial charge >= 0.3 is 0 Å². The maximum Gasteiger partial charge on any atom is 0.128 e. The number of oxime groups is 1. The summed E-state index contributed by atoms with van der Waals surface area (Å²) >= 11 is 0. The van der Waals surface area contributed by atoms with Crippen molar-refractivity contribution in [2.75, 3.05) is 0 Å². The highest BCUT2D eigenvalue weighted by molar-refractivity contribution is 6.02. The summed E-state index contributed by atoms with van der Waals surface area (Å²) < 4.78 is 0. The third-order valence-electron chi connectivity index (χ3n) is 3.68. The van der Waals surface area contributed by atoms with Gasteiger partial charge in [-0.3, -0.25) is 0 Å². The molecule has 1 aromatic carbocycles. The highest BCUT2D eigenvalue weighted by atomic mass is 16.4. The van der Waals surface area contributed by atoms with Crippen LogP contribution in [-0.4, -0.2) is 21.1 Å². The quantitative estimate of drug-likeness (QED) is 0.251. The molecule has 0 radical (unpaired) electrons. The van der Waals surface area contributed by atoms with E-state index in [0.29, 0.717) is 17.7 Å². The summed E-state index contributed by atoms with van der Waals surface area (Å²) in [5.74, 6) is -0.0528. The second-order valence-corrected chi connectivity index (χ2v) is 5.47. The molecule has 1 rings (SSSR count). The molecule has 3 N–H and O–H groups in total. The molecular formula is C17H27NO3. The first kappa shape index (κ1) is 17.3. The van der Waals surface area contributed by atoms with Gasteiger partial charge < -0.3 is 15.4 Å². The number of phenols is 2. The maximum atomic E-state index is 9.76. The second-order valence-electron chi connectivity index (χ2n) is 5.47. The Hall–Kier alpha value is -1.71. The van der Waals surface area contributed by atoms with Crippen LogP contribution in [0.1, 0.15) is 70.3 Å². The molecule has 0 unspecified atom stereocenters. The molecule has 0 amide bonds. The molecule has 0 fully saturated rings. The first-order valence-corrected chi connectivity index (χ1v) is 7.92. The summed E-state index contributed by atoms with van der Waals surface area (Å²) in [6.45, 7) is 2.22. The van der Waals surface area contributed by atoms with Gasteiger partial charge in [0.25, 0.3) is 0 Å². The predicted molar refractivity (Wildman–Crippen MR) is 85.3 cm³/mol. The molecule has 0 atom stereocenters. The smallest absolute Gasteiger partial charge is 0.128 e.